The summed E-state index contributed by atoms with van der Waals surface area (Å²) in [7, 11) is 2.54. The number of azide groups is 1. The molecule has 0 saturated heterocycles. The van der Waals surface area contributed by atoms with E-state index in [1.54, 1.807) is 0 Å². The summed E-state index contributed by atoms with van der Waals surface area (Å²) < 4.78 is 9.01. The fourth-order valence-corrected chi connectivity index (χ4v) is 4.17. The third-order valence-electron chi connectivity index (χ3n) is 3.94. The summed E-state index contributed by atoms with van der Waals surface area (Å²) in [6.45, 7) is 0. The molecule has 0 saturated carbocycles. The number of nitrogens with zero attached hydrogens (tertiary/aromatic N) is 5. The molecule has 9 nitrogen and oxygen atoms in total. The molecular formula is C22H25N5O4S2. The number of carbonyl (C=O) groups excluding carboxylic acids is 2. The van der Waals surface area contributed by atoms with Gasteiger partial charge in [0.05, 0.1) is 14.2 Å². The Morgan fingerprint density at radius 2 is 1.45 bits per heavy atom. The van der Waals surface area contributed by atoms with Crippen LogP contribution in [0.2, 0.25) is 0 Å². The van der Waals surface area contributed by atoms with E-state index in [4.69, 9.17) is 11.1 Å². The molecule has 2 rings (SSSR count). The monoisotopic (exact) mass is 487 g/mol. The van der Waals surface area contributed by atoms with Gasteiger partial charge in [-0.2, -0.15) is 16.6 Å². The minimum Gasteiger partial charge on any atom is -0.469 e. The molecule has 0 N–H and O–H groups in total. The van der Waals surface area contributed by atoms with Crippen molar-refractivity contribution < 1.29 is 23.9 Å². The number of carbonyl (C=O) groups is 2. The normalized spacial score (nSPS) is 10.4. The first-order valence-corrected chi connectivity index (χ1v) is 12.0. The molecule has 2 aromatic rings. The molecule has 0 aromatic heterocycles. The fourth-order valence-electron chi connectivity index (χ4n) is 2.30. The number of hydrogen-bond donors (Lipinski definition) is 0. The van der Waals surface area contributed by atoms with Crippen molar-refractivity contribution in [2.24, 2.45) is 5.11 Å². The first kappa shape index (κ1) is 27.8. The van der Waals surface area contributed by atoms with Crippen LogP contribution in [0.25, 0.3) is 16.0 Å². The Morgan fingerprint density at radius 3 is 1.91 bits per heavy atom. The highest BCUT2D eigenvalue weighted by Gasteiger charge is 2.20. The van der Waals surface area contributed by atoms with Crippen LogP contribution in [0.3, 0.4) is 0 Å². The van der Waals surface area contributed by atoms with Crippen molar-refractivity contribution in [1.82, 2.24) is 0 Å². The Labute approximate surface area is 201 Å². The highest BCUT2D eigenvalue weighted by Crippen LogP contribution is 2.15. The molecule has 1 atom stereocenters. The number of methoxy groups -OCH3 is 2. The van der Waals surface area contributed by atoms with Crippen LogP contribution in [0.4, 0.5) is 0 Å². The van der Waals surface area contributed by atoms with Crippen LogP contribution in [-0.4, -0.2) is 54.2 Å². The minimum absolute atomic E-state index is 0.0310. The largest absolute Gasteiger partial charge is 0.469 e. The van der Waals surface area contributed by atoms with Gasteiger partial charge in [0.2, 0.25) is 0 Å². The van der Waals surface area contributed by atoms with Gasteiger partial charge >= 0.3 is 17.7 Å². The van der Waals surface area contributed by atoms with Gasteiger partial charge < -0.3 is 15.0 Å². The van der Waals surface area contributed by atoms with Gasteiger partial charge in [0, 0.05) is 22.2 Å². The van der Waals surface area contributed by atoms with E-state index in [-0.39, 0.29) is 5.71 Å². The Bertz CT molecular complexity index is 963. The molecule has 2 aromatic carbocycles. The van der Waals surface area contributed by atoms with Crippen molar-refractivity contribution in [3.63, 3.8) is 0 Å². The highest BCUT2D eigenvalue weighted by atomic mass is 32.2. The molecule has 0 heterocycles. The van der Waals surface area contributed by atoms with Crippen molar-refractivity contribution in [2.45, 2.75) is 17.5 Å². The second-order valence-corrected chi connectivity index (χ2v) is 8.28. The van der Waals surface area contributed by atoms with Crippen molar-refractivity contribution in [1.29, 1.82) is 0 Å². The van der Waals surface area contributed by atoms with Gasteiger partial charge in [0.15, 0.2) is 0 Å². The quantitative estimate of drug-likeness (QED) is 0.150. The molecular weight excluding hydrogens is 462 g/mol. The maximum atomic E-state index is 11.2. The topological polar surface area (TPSA) is 138 Å². The highest BCUT2D eigenvalue weighted by molar-refractivity contribution is 7.99. The van der Waals surface area contributed by atoms with E-state index in [0.29, 0.717) is 11.5 Å². The zero-order chi connectivity index (χ0) is 24.3. The van der Waals surface area contributed by atoms with E-state index >= 15 is 0 Å². The maximum absolute atomic E-state index is 11.2. The lowest BCUT2D eigenvalue weighted by atomic mass is 10.2. The molecule has 174 valence electrons. The summed E-state index contributed by atoms with van der Waals surface area (Å²) in [4.78, 5) is 27.9. The summed E-state index contributed by atoms with van der Waals surface area (Å²) in [5.74, 6) is 1.20. The fraction of sp³-hybridized carbons (Fsp3) is 0.318. The second kappa shape index (κ2) is 17.3. The van der Waals surface area contributed by atoms with E-state index in [9.17, 15) is 9.59 Å². The van der Waals surface area contributed by atoms with Gasteiger partial charge in [-0.3, -0.25) is 4.79 Å². The Hall–Kier alpha value is -3.23. The van der Waals surface area contributed by atoms with Gasteiger partial charge in [-0.15, -0.1) is 11.8 Å². The van der Waals surface area contributed by atoms with Gasteiger partial charge in [0.25, 0.3) is 0 Å². The zero-order valence-electron chi connectivity index (χ0n) is 18.4. The van der Waals surface area contributed by atoms with Crippen LogP contribution >= 0.6 is 23.5 Å². The molecule has 11 heteroatoms. The molecule has 0 bridgehead atoms. The average molecular weight is 488 g/mol. The molecule has 0 spiro atoms. The standard InChI is InChI=1S/C11H13N3O2S.C11H12N2O2S/c1-16-11(15)10(13-14-12)8-17-7-9-5-3-2-4-6-9;1-15-11(14)10(13-12)8-16-7-9-5-3-2-4-6-9/h2-6,10H,7-8H2,1H3;2-6H,7-8H2,1H3/t10-;/m0./s1. The molecule has 0 fully saturated rings. The summed E-state index contributed by atoms with van der Waals surface area (Å²) in [5.41, 5.74) is 19.3. The number of hydrogen-bond acceptors (Lipinski definition) is 7. The molecule has 0 amide bonds. The number of benzene rings is 2. The number of ether oxygens (including phenoxy) is 2. The summed E-state index contributed by atoms with van der Waals surface area (Å²) in [6, 6.07) is 19.0. The van der Waals surface area contributed by atoms with Crippen molar-refractivity contribution >= 4 is 41.2 Å². The average Bonchev–Trinajstić information content (AvgIpc) is 2.87. The molecule has 0 aliphatic heterocycles. The lowest BCUT2D eigenvalue weighted by Gasteiger charge is -2.08. The molecule has 0 unspecified atom stereocenters. The van der Waals surface area contributed by atoms with E-state index in [0.717, 1.165) is 17.1 Å². The lowest BCUT2D eigenvalue weighted by Crippen LogP contribution is -2.22. The third kappa shape index (κ3) is 11.8. The van der Waals surface area contributed by atoms with Crippen molar-refractivity contribution in [3.05, 3.63) is 87.8 Å². The van der Waals surface area contributed by atoms with Crippen LogP contribution in [-0.2, 0) is 30.6 Å². The van der Waals surface area contributed by atoms with E-state index in [1.165, 1.54) is 43.3 Å². The number of rotatable bonds is 11. The molecule has 0 aliphatic rings. The van der Waals surface area contributed by atoms with E-state index < -0.39 is 18.0 Å². The summed E-state index contributed by atoms with van der Waals surface area (Å²) in [5, 5.41) is 3.41. The van der Waals surface area contributed by atoms with Gasteiger partial charge in [-0.1, -0.05) is 65.8 Å². The van der Waals surface area contributed by atoms with Crippen molar-refractivity contribution in [3.8, 4) is 0 Å². The Kier molecular flexibility index (Phi) is 14.6. The predicted molar refractivity (Wildman–Crippen MR) is 131 cm³/mol. The van der Waals surface area contributed by atoms with E-state index in [2.05, 4.69) is 24.3 Å². The van der Waals surface area contributed by atoms with Gasteiger partial charge in [-0.05, 0) is 16.7 Å². The summed E-state index contributed by atoms with van der Waals surface area (Å²) >= 11 is 3.02. The van der Waals surface area contributed by atoms with Gasteiger partial charge in [0.1, 0.15) is 11.8 Å². The van der Waals surface area contributed by atoms with Crippen molar-refractivity contribution in [2.75, 3.05) is 25.7 Å². The number of esters is 2. The van der Waals surface area contributed by atoms with E-state index in [1.807, 2.05) is 60.7 Å². The first-order valence-electron chi connectivity index (χ1n) is 9.70. The molecule has 0 aliphatic carbocycles. The number of thioether (sulfide) groups is 2. The third-order valence-corrected chi connectivity index (χ3v) is 6.05. The molecule has 33 heavy (non-hydrogen) atoms. The smallest absolute Gasteiger partial charge is 0.417 e. The maximum Gasteiger partial charge on any atom is 0.417 e. The van der Waals surface area contributed by atoms with Crippen LogP contribution in [0.15, 0.2) is 65.8 Å². The first-order chi connectivity index (χ1) is 16.0. The molecule has 0 radical (unpaired) electrons. The van der Waals surface area contributed by atoms with Crippen LogP contribution in [0.5, 0.6) is 0 Å². The van der Waals surface area contributed by atoms with Gasteiger partial charge in [-0.25, -0.2) is 4.79 Å². The van der Waals surface area contributed by atoms with Crippen LogP contribution in [0, 0.1) is 0 Å². The predicted octanol–water partition coefficient (Wildman–Crippen LogP) is 4.54. The Balaban J connectivity index is 0.000000331. The Morgan fingerprint density at radius 1 is 0.909 bits per heavy atom. The summed E-state index contributed by atoms with van der Waals surface area (Å²) in [6.07, 6.45) is 0. The zero-order valence-corrected chi connectivity index (χ0v) is 20.0. The minimum atomic E-state index is -0.751. The van der Waals surface area contributed by atoms with Crippen LogP contribution < -0.4 is 0 Å². The lowest BCUT2D eigenvalue weighted by molar-refractivity contribution is -0.141. The second-order valence-electron chi connectivity index (χ2n) is 6.26. The van der Waals surface area contributed by atoms with Crippen LogP contribution in [0.1, 0.15) is 11.1 Å². The SMILES string of the molecule is COC(=O)C(CSCc1ccccc1)=[N+]=[N-].COC(=O)[C@H](CSCc1ccccc1)N=[N+]=[N-].